The van der Waals surface area contributed by atoms with Crippen LogP contribution in [0.15, 0.2) is 35.5 Å². The van der Waals surface area contributed by atoms with Crippen molar-refractivity contribution in [2.24, 2.45) is 5.16 Å². The Morgan fingerprint density at radius 3 is 2.52 bits per heavy atom. The molecule has 0 aromatic heterocycles. The van der Waals surface area contributed by atoms with Crippen molar-refractivity contribution < 1.29 is 27.0 Å². The second-order valence-corrected chi connectivity index (χ2v) is 6.32. The summed E-state index contributed by atoms with van der Waals surface area (Å²) in [4.78, 5) is 13.3. The molecule has 1 saturated heterocycles. The van der Waals surface area contributed by atoms with Gasteiger partial charge in [-0.25, -0.2) is 4.79 Å². The van der Waals surface area contributed by atoms with Crippen LogP contribution in [0.2, 0.25) is 0 Å². The van der Waals surface area contributed by atoms with Crippen LogP contribution in [-0.2, 0) is 34.4 Å². The van der Waals surface area contributed by atoms with Crippen molar-refractivity contribution in [3.8, 4) is 0 Å². The van der Waals surface area contributed by atoms with Crippen LogP contribution < -0.4 is 0 Å². The Balaban J connectivity index is 2.10. The number of rotatable bonds is 4. The van der Waals surface area contributed by atoms with E-state index in [1.54, 1.807) is 35.2 Å². The molecule has 0 aliphatic carbocycles. The first-order valence-electron chi connectivity index (χ1n) is 6.96. The maximum Gasteiger partial charge on any atom is 0.377 e. The molecule has 0 atom stereocenters. The number of oxime groups is 1. The Morgan fingerprint density at radius 2 is 1.91 bits per heavy atom. The van der Waals surface area contributed by atoms with Gasteiger partial charge in [0, 0.05) is 13.1 Å². The minimum Gasteiger partial charge on any atom is -0.463 e. The Hall–Kier alpha value is -2.13. The van der Waals surface area contributed by atoms with E-state index in [1.807, 2.05) is 0 Å². The van der Waals surface area contributed by atoms with Crippen LogP contribution >= 0.6 is 0 Å². The molecule has 2 rings (SSSR count). The normalized spacial score (nSPS) is 16.0. The topological polar surface area (TPSA) is 94.5 Å². The van der Waals surface area contributed by atoms with Crippen LogP contribution in [0.1, 0.15) is 5.56 Å². The standard InChI is InChI=1S/C14H18N2O6S/c1-20-14(17)13(16-7-9-21-10-8-16)15-22-23(18,19)11-12-5-3-2-4-6-12/h2-6H,7-11H2,1H3/b15-13-. The van der Waals surface area contributed by atoms with E-state index in [9.17, 15) is 13.2 Å². The number of methoxy groups -OCH3 is 1. The lowest BCUT2D eigenvalue weighted by atomic mass is 10.2. The van der Waals surface area contributed by atoms with Crippen molar-refractivity contribution in [2.75, 3.05) is 33.4 Å². The molecular formula is C14H18N2O6S. The van der Waals surface area contributed by atoms with E-state index in [1.165, 1.54) is 7.11 Å². The van der Waals surface area contributed by atoms with Crippen molar-refractivity contribution in [3.05, 3.63) is 35.9 Å². The van der Waals surface area contributed by atoms with Gasteiger partial charge in [-0.15, -0.1) is 0 Å². The van der Waals surface area contributed by atoms with Crippen LogP contribution in [0.5, 0.6) is 0 Å². The second-order valence-electron chi connectivity index (χ2n) is 4.77. The maximum absolute atomic E-state index is 12.0. The average Bonchev–Trinajstić information content (AvgIpc) is 2.56. The van der Waals surface area contributed by atoms with E-state index < -0.39 is 16.1 Å². The lowest BCUT2D eigenvalue weighted by molar-refractivity contribution is -0.134. The monoisotopic (exact) mass is 342 g/mol. The highest BCUT2D eigenvalue weighted by Gasteiger charge is 2.25. The van der Waals surface area contributed by atoms with E-state index in [4.69, 9.17) is 4.74 Å². The number of amidine groups is 1. The number of morpholine rings is 1. The van der Waals surface area contributed by atoms with Gasteiger partial charge in [0.1, 0.15) is 5.75 Å². The highest BCUT2D eigenvalue weighted by Crippen LogP contribution is 2.09. The van der Waals surface area contributed by atoms with E-state index in [2.05, 4.69) is 14.2 Å². The van der Waals surface area contributed by atoms with Gasteiger partial charge in [-0.2, -0.15) is 8.42 Å². The Labute approximate surface area is 134 Å². The number of hydrogen-bond acceptors (Lipinski definition) is 7. The van der Waals surface area contributed by atoms with Crippen LogP contribution in [0.3, 0.4) is 0 Å². The third-order valence-electron chi connectivity index (χ3n) is 3.10. The zero-order chi connectivity index (χ0) is 16.7. The van der Waals surface area contributed by atoms with Gasteiger partial charge in [0.2, 0.25) is 0 Å². The first-order valence-corrected chi connectivity index (χ1v) is 8.54. The molecule has 1 heterocycles. The fourth-order valence-electron chi connectivity index (χ4n) is 1.99. The molecule has 1 fully saturated rings. The van der Waals surface area contributed by atoms with Crippen LogP contribution in [0, 0.1) is 0 Å². The number of ether oxygens (including phenoxy) is 2. The Bertz CT molecular complexity index is 653. The molecule has 126 valence electrons. The Morgan fingerprint density at radius 1 is 1.26 bits per heavy atom. The largest absolute Gasteiger partial charge is 0.463 e. The summed E-state index contributed by atoms with van der Waals surface area (Å²) in [7, 11) is -2.77. The van der Waals surface area contributed by atoms with Crippen LogP contribution in [0.25, 0.3) is 0 Å². The second kappa shape index (κ2) is 7.93. The number of esters is 1. The summed E-state index contributed by atoms with van der Waals surface area (Å²) in [6, 6.07) is 8.55. The summed E-state index contributed by atoms with van der Waals surface area (Å²) < 4.78 is 38.4. The molecule has 8 nitrogen and oxygen atoms in total. The summed E-state index contributed by atoms with van der Waals surface area (Å²) >= 11 is 0. The minimum atomic E-state index is -3.96. The zero-order valence-corrected chi connectivity index (χ0v) is 13.5. The van der Waals surface area contributed by atoms with Crippen molar-refractivity contribution in [1.82, 2.24) is 4.90 Å². The fraction of sp³-hybridized carbons (Fsp3) is 0.429. The van der Waals surface area contributed by atoms with Gasteiger partial charge in [0.15, 0.2) is 0 Å². The fourth-order valence-corrected chi connectivity index (χ4v) is 2.82. The van der Waals surface area contributed by atoms with E-state index in [0.717, 1.165) is 0 Å². The van der Waals surface area contributed by atoms with Crippen molar-refractivity contribution >= 4 is 21.9 Å². The van der Waals surface area contributed by atoms with Gasteiger partial charge < -0.3 is 14.4 Å². The smallest absolute Gasteiger partial charge is 0.377 e. The maximum atomic E-state index is 12.0. The molecule has 1 aromatic carbocycles. The van der Waals surface area contributed by atoms with Gasteiger partial charge in [-0.1, -0.05) is 30.3 Å². The quantitative estimate of drug-likeness (QED) is 0.337. The summed E-state index contributed by atoms with van der Waals surface area (Å²) in [5.41, 5.74) is 0.564. The lowest BCUT2D eigenvalue weighted by Crippen LogP contribution is -2.44. The zero-order valence-electron chi connectivity index (χ0n) is 12.7. The summed E-state index contributed by atoms with van der Waals surface area (Å²) in [6.45, 7) is 1.62. The predicted molar refractivity (Wildman–Crippen MR) is 82.0 cm³/mol. The molecule has 1 aromatic rings. The molecule has 0 N–H and O–H groups in total. The lowest BCUT2D eigenvalue weighted by Gasteiger charge is -2.27. The third kappa shape index (κ3) is 5.22. The molecular weight excluding hydrogens is 324 g/mol. The summed E-state index contributed by atoms with van der Waals surface area (Å²) in [5, 5.41) is 3.51. The SMILES string of the molecule is COC(=O)/C(=N/OS(=O)(=O)Cc1ccccc1)N1CCOCC1. The highest BCUT2D eigenvalue weighted by molar-refractivity contribution is 7.85. The van der Waals surface area contributed by atoms with E-state index in [0.29, 0.717) is 31.9 Å². The number of carbonyl (C=O) groups excluding carboxylic acids is 1. The van der Waals surface area contributed by atoms with Crippen LogP contribution in [-0.4, -0.2) is 58.5 Å². The third-order valence-corrected chi connectivity index (χ3v) is 4.09. The van der Waals surface area contributed by atoms with E-state index >= 15 is 0 Å². The van der Waals surface area contributed by atoms with Gasteiger partial charge >= 0.3 is 16.1 Å². The van der Waals surface area contributed by atoms with Crippen molar-refractivity contribution in [3.63, 3.8) is 0 Å². The first-order chi connectivity index (χ1) is 11.0. The summed E-state index contributed by atoms with van der Waals surface area (Å²) in [6.07, 6.45) is 0. The van der Waals surface area contributed by atoms with Gasteiger partial charge in [-0.3, -0.25) is 4.28 Å². The average molecular weight is 342 g/mol. The molecule has 0 bridgehead atoms. The highest BCUT2D eigenvalue weighted by atomic mass is 32.2. The van der Waals surface area contributed by atoms with Crippen LogP contribution in [0.4, 0.5) is 0 Å². The molecule has 9 heteroatoms. The van der Waals surface area contributed by atoms with Crippen molar-refractivity contribution in [2.45, 2.75) is 5.75 Å². The molecule has 1 aliphatic rings. The van der Waals surface area contributed by atoms with Gasteiger partial charge in [-0.05, 0) is 10.7 Å². The number of nitrogens with zero attached hydrogens (tertiary/aromatic N) is 2. The molecule has 0 radical (unpaired) electrons. The van der Waals surface area contributed by atoms with Gasteiger partial charge in [0.05, 0.1) is 20.3 Å². The first kappa shape index (κ1) is 17.2. The summed E-state index contributed by atoms with van der Waals surface area (Å²) in [5.74, 6) is -1.29. The molecule has 0 saturated carbocycles. The molecule has 0 amide bonds. The Kier molecular flexibility index (Phi) is 5.94. The number of carbonyl (C=O) groups is 1. The molecule has 0 spiro atoms. The number of hydrogen-bond donors (Lipinski definition) is 0. The molecule has 23 heavy (non-hydrogen) atoms. The minimum absolute atomic E-state index is 0.188. The van der Waals surface area contributed by atoms with E-state index in [-0.39, 0.29) is 11.6 Å². The predicted octanol–water partition coefficient (Wildman–Crippen LogP) is 0.352. The van der Waals surface area contributed by atoms with Crippen molar-refractivity contribution in [1.29, 1.82) is 0 Å². The molecule has 1 aliphatic heterocycles. The number of benzene rings is 1. The van der Waals surface area contributed by atoms with Gasteiger partial charge in [0.25, 0.3) is 5.84 Å². The molecule has 0 unspecified atom stereocenters.